The molecule has 0 unspecified atom stereocenters. The molecule has 9 heteroatoms. The second-order valence-electron chi connectivity index (χ2n) is 5.94. The van der Waals surface area contributed by atoms with Crippen LogP contribution < -0.4 is 0 Å². The third-order valence-electron chi connectivity index (χ3n) is 4.02. The van der Waals surface area contributed by atoms with Crippen molar-refractivity contribution < 1.29 is 13.2 Å². The Balaban J connectivity index is 2.24. The van der Waals surface area contributed by atoms with Crippen molar-refractivity contribution in [3.05, 3.63) is 63.3 Å². The standard InChI is InChI=1S/C18H12Cl2F3N3S/c1-9-3-5-11(6-4-9)15-10(2)24-26(17(15)25-27)16-13(19)7-12(8-14(16)20)18(21,22)23/h3-8H,1-2H3. The number of nitrogens with zero attached hydrogens (tertiary/aromatic N) is 3. The zero-order chi connectivity index (χ0) is 19.9. The number of aryl methyl sites for hydroxylation is 2. The summed E-state index contributed by atoms with van der Waals surface area (Å²) in [5, 5.41) is 3.97. The van der Waals surface area contributed by atoms with Gasteiger partial charge in [-0.05, 0) is 31.5 Å². The number of alkyl halides is 3. The highest BCUT2D eigenvalue weighted by atomic mass is 35.5. The molecule has 1 aromatic heterocycles. The quantitative estimate of drug-likeness (QED) is 0.455. The van der Waals surface area contributed by atoms with Gasteiger partial charge in [-0.15, -0.1) is 0 Å². The normalized spacial score (nSPS) is 11.7. The van der Waals surface area contributed by atoms with Crippen molar-refractivity contribution >= 4 is 41.4 Å². The van der Waals surface area contributed by atoms with Crippen LogP contribution in [0.15, 0.2) is 40.8 Å². The van der Waals surface area contributed by atoms with Crippen LogP contribution in [0.25, 0.3) is 16.8 Å². The van der Waals surface area contributed by atoms with Gasteiger partial charge in [0.2, 0.25) is 0 Å². The Morgan fingerprint density at radius 2 is 1.59 bits per heavy atom. The topological polar surface area (TPSA) is 30.2 Å². The Morgan fingerprint density at radius 1 is 1.04 bits per heavy atom. The Labute approximate surface area is 168 Å². The second kappa shape index (κ2) is 7.22. The highest BCUT2D eigenvalue weighted by Gasteiger charge is 2.33. The zero-order valence-corrected chi connectivity index (χ0v) is 16.4. The number of hydrogen-bond acceptors (Lipinski definition) is 3. The van der Waals surface area contributed by atoms with Crippen molar-refractivity contribution in [3.8, 4) is 16.8 Å². The maximum atomic E-state index is 13.0. The molecule has 0 aliphatic heterocycles. The maximum absolute atomic E-state index is 13.0. The van der Waals surface area contributed by atoms with Crippen LogP contribution in [-0.2, 0) is 18.6 Å². The summed E-state index contributed by atoms with van der Waals surface area (Å²) < 4.78 is 44.1. The van der Waals surface area contributed by atoms with Crippen molar-refractivity contribution in [1.82, 2.24) is 9.78 Å². The SMILES string of the molecule is Cc1ccc(-c2c(C)nn(-c3c(Cl)cc(C(F)(F)F)cc3Cl)c2N=S)cc1. The molecule has 2 aromatic carbocycles. The van der Waals surface area contributed by atoms with Crippen LogP contribution in [-0.4, -0.2) is 9.78 Å². The van der Waals surface area contributed by atoms with Gasteiger partial charge in [0.05, 0.1) is 26.9 Å². The molecular weight excluding hydrogens is 418 g/mol. The van der Waals surface area contributed by atoms with Gasteiger partial charge in [0, 0.05) is 12.4 Å². The Kier molecular flexibility index (Phi) is 5.29. The van der Waals surface area contributed by atoms with Gasteiger partial charge in [-0.1, -0.05) is 53.0 Å². The van der Waals surface area contributed by atoms with Gasteiger partial charge in [-0.25, -0.2) is 4.68 Å². The number of rotatable bonds is 3. The summed E-state index contributed by atoms with van der Waals surface area (Å²) in [6, 6.07) is 9.25. The van der Waals surface area contributed by atoms with E-state index in [0.717, 1.165) is 23.3 Å². The minimum atomic E-state index is -4.57. The fourth-order valence-corrected chi connectivity index (χ4v) is 3.56. The summed E-state index contributed by atoms with van der Waals surface area (Å²) >= 11 is 17.1. The van der Waals surface area contributed by atoms with Gasteiger partial charge in [0.15, 0.2) is 5.82 Å². The van der Waals surface area contributed by atoms with Crippen molar-refractivity contribution in [2.75, 3.05) is 0 Å². The van der Waals surface area contributed by atoms with Crippen molar-refractivity contribution in [2.45, 2.75) is 20.0 Å². The fraction of sp³-hybridized carbons (Fsp3) is 0.167. The lowest BCUT2D eigenvalue weighted by Gasteiger charge is -2.13. The second-order valence-corrected chi connectivity index (χ2v) is 6.94. The van der Waals surface area contributed by atoms with Gasteiger partial charge < -0.3 is 0 Å². The average Bonchev–Trinajstić information content (AvgIpc) is 2.90. The highest BCUT2D eigenvalue weighted by molar-refractivity contribution is 7.47. The molecule has 0 amide bonds. The van der Waals surface area contributed by atoms with Crippen LogP contribution >= 0.6 is 23.2 Å². The Morgan fingerprint density at radius 3 is 2.07 bits per heavy atom. The first kappa shape index (κ1) is 19.8. The first-order valence-corrected chi connectivity index (χ1v) is 8.82. The first-order valence-electron chi connectivity index (χ1n) is 7.70. The minimum Gasteiger partial charge on any atom is -0.210 e. The molecule has 27 heavy (non-hydrogen) atoms. The molecule has 0 atom stereocenters. The summed E-state index contributed by atoms with van der Waals surface area (Å²) in [6.45, 7) is 3.71. The van der Waals surface area contributed by atoms with Gasteiger partial charge >= 0.3 is 6.18 Å². The average molecular weight is 430 g/mol. The van der Waals surface area contributed by atoms with E-state index in [4.69, 9.17) is 35.6 Å². The Hall–Kier alpha value is -1.96. The van der Waals surface area contributed by atoms with Crippen LogP contribution in [0.3, 0.4) is 0 Å². The molecule has 0 saturated heterocycles. The number of aromatic nitrogens is 2. The first-order chi connectivity index (χ1) is 12.6. The highest BCUT2D eigenvalue weighted by Crippen LogP contribution is 2.41. The van der Waals surface area contributed by atoms with E-state index in [9.17, 15) is 13.2 Å². The molecule has 0 spiro atoms. The van der Waals surface area contributed by atoms with E-state index in [2.05, 4.69) is 9.46 Å². The third-order valence-corrected chi connectivity index (χ3v) is 4.77. The van der Waals surface area contributed by atoms with E-state index < -0.39 is 11.7 Å². The number of benzene rings is 2. The van der Waals surface area contributed by atoms with E-state index in [1.807, 2.05) is 31.2 Å². The molecule has 0 bridgehead atoms. The van der Waals surface area contributed by atoms with E-state index in [1.54, 1.807) is 6.92 Å². The van der Waals surface area contributed by atoms with Gasteiger partial charge in [0.1, 0.15) is 5.69 Å². The molecule has 1 heterocycles. The summed E-state index contributed by atoms with van der Waals surface area (Å²) in [4.78, 5) is 0. The summed E-state index contributed by atoms with van der Waals surface area (Å²) in [5.74, 6) is 0.273. The summed E-state index contributed by atoms with van der Waals surface area (Å²) in [6.07, 6.45) is -4.57. The van der Waals surface area contributed by atoms with Crippen molar-refractivity contribution in [2.24, 2.45) is 4.36 Å². The van der Waals surface area contributed by atoms with Crippen molar-refractivity contribution in [1.29, 1.82) is 0 Å². The van der Waals surface area contributed by atoms with Crippen LogP contribution in [0, 0.1) is 13.8 Å². The maximum Gasteiger partial charge on any atom is 0.416 e. The summed E-state index contributed by atoms with van der Waals surface area (Å²) in [5.41, 5.74) is 2.31. The molecule has 3 rings (SSSR count). The molecule has 0 aliphatic carbocycles. The molecule has 3 nitrogen and oxygen atoms in total. The van der Waals surface area contributed by atoms with E-state index in [-0.39, 0.29) is 21.6 Å². The van der Waals surface area contributed by atoms with Crippen molar-refractivity contribution in [3.63, 3.8) is 0 Å². The van der Waals surface area contributed by atoms with Crippen LogP contribution in [0.2, 0.25) is 10.0 Å². The lowest BCUT2D eigenvalue weighted by atomic mass is 10.0. The number of halogens is 5. The van der Waals surface area contributed by atoms with E-state index >= 15 is 0 Å². The molecule has 0 saturated carbocycles. The van der Waals surface area contributed by atoms with Crippen LogP contribution in [0.5, 0.6) is 0 Å². The molecule has 0 radical (unpaired) electrons. The van der Waals surface area contributed by atoms with E-state index in [1.165, 1.54) is 4.68 Å². The number of hydrogen-bond donors (Lipinski definition) is 0. The Bertz CT molecular complexity index is 1000. The smallest absolute Gasteiger partial charge is 0.210 e. The summed E-state index contributed by atoms with van der Waals surface area (Å²) in [7, 11) is 0. The van der Waals surface area contributed by atoms with Gasteiger partial charge in [0.25, 0.3) is 0 Å². The molecule has 3 aromatic rings. The third kappa shape index (κ3) is 3.72. The predicted octanol–water partition coefficient (Wildman–Crippen LogP) is 6.84. The van der Waals surface area contributed by atoms with Gasteiger partial charge in [-0.3, -0.25) is 0 Å². The predicted molar refractivity (Wildman–Crippen MR) is 103 cm³/mol. The lowest BCUT2D eigenvalue weighted by Crippen LogP contribution is -2.07. The molecule has 0 aliphatic rings. The van der Waals surface area contributed by atoms with E-state index in [0.29, 0.717) is 11.3 Å². The molecular formula is C18H12Cl2F3N3S. The van der Waals surface area contributed by atoms with Gasteiger partial charge in [-0.2, -0.15) is 22.6 Å². The lowest BCUT2D eigenvalue weighted by molar-refractivity contribution is -0.137. The molecule has 140 valence electrons. The molecule has 0 N–H and O–H groups in total. The fourth-order valence-electron chi connectivity index (χ4n) is 2.75. The zero-order valence-electron chi connectivity index (χ0n) is 14.1. The molecule has 0 fully saturated rings. The van der Waals surface area contributed by atoms with Crippen LogP contribution in [0.1, 0.15) is 16.8 Å². The largest absolute Gasteiger partial charge is 0.416 e. The minimum absolute atomic E-state index is 0.0939. The monoisotopic (exact) mass is 429 g/mol. The van der Waals surface area contributed by atoms with Crippen LogP contribution in [0.4, 0.5) is 19.0 Å².